The van der Waals surface area contributed by atoms with Gasteiger partial charge < -0.3 is 10.1 Å². The van der Waals surface area contributed by atoms with Gasteiger partial charge in [0.05, 0.1) is 5.76 Å². The number of pyridine rings is 1. The van der Waals surface area contributed by atoms with E-state index in [1.165, 1.54) is 73.5 Å². The first-order chi connectivity index (χ1) is 20.2. The van der Waals surface area contributed by atoms with Gasteiger partial charge in [-0.1, -0.05) is 109 Å². The van der Waals surface area contributed by atoms with Gasteiger partial charge >= 0.3 is 0 Å². The number of rotatable bonds is 5. The van der Waals surface area contributed by atoms with Gasteiger partial charge in [-0.05, 0) is 70.6 Å². The topological polar surface area (TPSA) is 50.2 Å². The molecule has 1 radical (unpaired) electrons. The third-order valence-corrected chi connectivity index (χ3v) is 8.45. The van der Waals surface area contributed by atoms with Gasteiger partial charge in [0.25, 0.3) is 0 Å². The molecule has 5 heteroatoms. The van der Waals surface area contributed by atoms with Gasteiger partial charge in [0.1, 0.15) is 0 Å². The molecule has 0 fully saturated rings. The molecule has 1 N–H and O–H groups in total. The molecule has 2 aromatic heterocycles. The predicted molar refractivity (Wildman–Crippen MR) is 178 cm³/mol. The van der Waals surface area contributed by atoms with Crippen molar-refractivity contribution in [2.75, 3.05) is 0 Å². The van der Waals surface area contributed by atoms with E-state index >= 15 is 0 Å². The van der Waals surface area contributed by atoms with Gasteiger partial charge in [-0.2, -0.15) is 11.3 Å². The number of ketones is 1. The molecule has 0 spiro atoms. The Morgan fingerprint density at radius 2 is 1.56 bits per heavy atom. The minimum Gasteiger partial charge on any atom is -0.512 e. The van der Waals surface area contributed by atoms with E-state index in [9.17, 15) is 4.79 Å². The summed E-state index contributed by atoms with van der Waals surface area (Å²) < 4.78 is 1.18. The average Bonchev–Trinajstić information content (AvgIpc) is 3.32. The van der Waals surface area contributed by atoms with Gasteiger partial charge in [-0.3, -0.25) is 4.79 Å². The van der Waals surface area contributed by atoms with Crippen molar-refractivity contribution < 1.29 is 30.0 Å². The number of hydrogen-bond acceptors (Lipinski definition) is 4. The summed E-state index contributed by atoms with van der Waals surface area (Å²) in [5.74, 6) is 0.432. The molecule has 0 unspecified atom stereocenters. The number of aliphatic hydroxyl groups excluding tert-OH is 1. The average molecular weight is 761 g/mol. The number of aryl methyl sites for hydroxylation is 1. The molecule has 219 valence electrons. The van der Waals surface area contributed by atoms with E-state index in [1.807, 2.05) is 17.5 Å². The number of nitrogens with zero attached hydrogens (tertiary/aromatic N) is 1. The summed E-state index contributed by atoms with van der Waals surface area (Å²) in [4.78, 5) is 16.2. The van der Waals surface area contributed by atoms with E-state index in [0.29, 0.717) is 5.92 Å². The SMILES string of the molecule is CC(=O)/C=C(/C)O.Cc1c(-c2ccccc2)sc2[c-]c(-c3nccc4cc(C(C)C)ccc34)cc(-c3ccccc3)c12.[Ir]. The zero-order valence-electron chi connectivity index (χ0n) is 24.9. The van der Waals surface area contributed by atoms with Crippen LogP contribution in [0.2, 0.25) is 0 Å². The summed E-state index contributed by atoms with van der Waals surface area (Å²) in [6.45, 7) is 9.56. The van der Waals surface area contributed by atoms with Crippen LogP contribution in [0.5, 0.6) is 0 Å². The third kappa shape index (κ3) is 7.19. The molecular weight excluding hydrogens is 727 g/mol. The van der Waals surface area contributed by atoms with E-state index in [4.69, 9.17) is 10.1 Å². The molecular formula is C38H34IrNO2S-. The second kappa shape index (κ2) is 14.1. The quantitative estimate of drug-likeness (QED) is 0.108. The predicted octanol–water partition coefficient (Wildman–Crippen LogP) is 10.7. The number of carbonyl (C=O) groups is 1. The molecule has 0 saturated carbocycles. The summed E-state index contributed by atoms with van der Waals surface area (Å²) in [6.07, 6.45) is 3.09. The fourth-order valence-corrected chi connectivity index (χ4v) is 6.44. The first-order valence-corrected chi connectivity index (χ1v) is 14.9. The maximum absolute atomic E-state index is 10.0. The van der Waals surface area contributed by atoms with Crippen molar-refractivity contribution in [2.45, 2.75) is 40.5 Å². The Labute approximate surface area is 271 Å². The van der Waals surface area contributed by atoms with Gasteiger partial charge in [-0.25, -0.2) is 0 Å². The Morgan fingerprint density at radius 1 is 0.907 bits per heavy atom. The summed E-state index contributed by atoms with van der Waals surface area (Å²) in [5, 5.41) is 12.0. The first-order valence-electron chi connectivity index (χ1n) is 14.1. The van der Waals surface area contributed by atoms with Gasteiger partial charge in [-0.15, -0.1) is 17.7 Å². The summed E-state index contributed by atoms with van der Waals surface area (Å²) in [6, 6.07) is 36.3. The van der Waals surface area contributed by atoms with E-state index in [1.54, 1.807) is 0 Å². The normalized spacial score (nSPS) is 11.3. The van der Waals surface area contributed by atoms with Crippen LogP contribution in [0.25, 0.3) is 53.7 Å². The van der Waals surface area contributed by atoms with E-state index in [2.05, 4.69) is 118 Å². The smallest absolute Gasteiger partial charge is 0.155 e. The number of fused-ring (bicyclic) bond motifs is 2. The Kier molecular flexibility index (Phi) is 10.5. The van der Waals surface area contributed by atoms with Crippen molar-refractivity contribution in [1.82, 2.24) is 4.98 Å². The molecule has 0 bridgehead atoms. The summed E-state index contributed by atoms with van der Waals surface area (Å²) >= 11 is 1.82. The molecule has 3 nitrogen and oxygen atoms in total. The number of thiophene rings is 1. The molecule has 0 aliphatic heterocycles. The van der Waals surface area contributed by atoms with Crippen molar-refractivity contribution in [2.24, 2.45) is 0 Å². The zero-order valence-corrected chi connectivity index (χ0v) is 28.1. The maximum atomic E-state index is 10.0. The summed E-state index contributed by atoms with van der Waals surface area (Å²) in [7, 11) is 0. The van der Waals surface area contributed by atoms with Crippen LogP contribution in [-0.2, 0) is 24.9 Å². The van der Waals surface area contributed by atoms with Crippen LogP contribution in [0.15, 0.2) is 109 Å². The Morgan fingerprint density at radius 3 is 2.14 bits per heavy atom. The molecule has 0 aliphatic carbocycles. The number of hydrogen-bond donors (Lipinski definition) is 1. The maximum Gasteiger partial charge on any atom is 0.155 e. The first kappa shape index (κ1) is 32.0. The van der Waals surface area contributed by atoms with Gasteiger partial charge in [0, 0.05) is 37.3 Å². The van der Waals surface area contributed by atoms with Crippen molar-refractivity contribution in [3.63, 3.8) is 0 Å². The van der Waals surface area contributed by atoms with Crippen LogP contribution in [0.3, 0.4) is 0 Å². The molecule has 43 heavy (non-hydrogen) atoms. The molecule has 6 aromatic rings. The molecule has 2 heterocycles. The number of allylic oxidation sites excluding steroid dienone is 2. The minimum absolute atomic E-state index is 0. The van der Waals surface area contributed by atoms with Crippen molar-refractivity contribution in [3.8, 4) is 32.8 Å². The zero-order chi connectivity index (χ0) is 29.8. The summed E-state index contributed by atoms with van der Waals surface area (Å²) in [5.41, 5.74) is 8.40. The van der Waals surface area contributed by atoms with Crippen molar-refractivity contribution >= 4 is 38.0 Å². The largest absolute Gasteiger partial charge is 0.512 e. The Bertz CT molecular complexity index is 1900. The van der Waals surface area contributed by atoms with Gasteiger partial charge in [0.2, 0.25) is 0 Å². The van der Waals surface area contributed by atoms with Crippen LogP contribution >= 0.6 is 11.3 Å². The molecule has 4 aromatic carbocycles. The fraction of sp³-hybridized carbons (Fsp3) is 0.158. The van der Waals surface area contributed by atoms with Gasteiger partial charge in [0.15, 0.2) is 5.78 Å². The third-order valence-electron chi connectivity index (χ3n) is 7.20. The molecule has 6 rings (SSSR count). The molecule has 0 amide bonds. The molecule has 0 saturated heterocycles. The van der Waals surface area contributed by atoms with E-state index in [0.717, 1.165) is 11.3 Å². The number of aromatic nitrogens is 1. The van der Waals surface area contributed by atoms with Crippen molar-refractivity contribution in [1.29, 1.82) is 0 Å². The van der Waals surface area contributed by atoms with Crippen LogP contribution < -0.4 is 0 Å². The minimum atomic E-state index is -0.125. The molecule has 0 atom stereocenters. The van der Waals surface area contributed by atoms with E-state index in [-0.39, 0.29) is 31.6 Å². The number of benzene rings is 4. The molecule has 0 aliphatic rings. The Hall–Kier alpha value is -3.89. The Balaban J connectivity index is 0.000000475. The van der Waals surface area contributed by atoms with E-state index < -0.39 is 0 Å². The van der Waals surface area contributed by atoms with Crippen LogP contribution in [0.4, 0.5) is 0 Å². The van der Waals surface area contributed by atoms with Crippen LogP contribution in [-0.4, -0.2) is 15.9 Å². The second-order valence-corrected chi connectivity index (χ2v) is 11.8. The fourth-order valence-electron chi connectivity index (χ4n) is 5.20. The van der Waals surface area contributed by atoms with Crippen LogP contribution in [0, 0.1) is 13.0 Å². The van der Waals surface area contributed by atoms with Crippen LogP contribution in [0.1, 0.15) is 44.7 Å². The second-order valence-electron chi connectivity index (χ2n) is 10.8. The monoisotopic (exact) mass is 761 g/mol. The number of carbonyl (C=O) groups excluding carboxylic acids is 1. The standard InChI is InChI=1S/C33H26NS.C5H8O2.Ir/c1-21(2)25-14-15-28-26(18-25)16-17-34-32(28)27-19-29(23-10-6-4-7-11-23)31-22(3)33(35-30(31)20-27)24-12-8-5-9-13-24;1-4(6)3-5(2)7;/h4-19,21H,1-3H3;3,6H,1-2H3;/q-1;;/b;4-3-;. The number of aliphatic hydroxyl groups is 1. The van der Waals surface area contributed by atoms with Crippen molar-refractivity contribution in [3.05, 3.63) is 126 Å².